The zero-order valence-corrected chi connectivity index (χ0v) is 14.0. The molecule has 2 rings (SSSR count). The summed E-state index contributed by atoms with van der Waals surface area (Å²) < 4.78 is 82.7. The molecule has 140 valence electrons. The van der Waals surface area contributed by atoms with Crippen LogP contribution in [0.15, 0.2) is 30.4 Å². The number of hydrogen-bond acceptors (Lipinski definition) is 1. The van der Waals surface area contributed by atoms with Gasteiger partial charge in [-0.25, -0.2) is 0 Å². The third-order valence-corrected chi connectivity index (χ3v) is 4.75. The SMILES string of the molecule is CC(C)C1(COCc2cc(C(F)(F)F)cc(C(F)(F)F)c2)CC=CC1. The Hall–Kier alpha value is -1.50. The second kappa shape index (κ2) is 7.02. The standard InChI is InChI=1S/C18H20F6O/c1-12(2)16(5-3-4-6-16)11-25-10-13-7-14(17(19,20)21)9-15(8-13)18(22,23)24/h3-4,7-9,12H,5-6,10-11H2,1-2H3. The average Bonchev–Trinajstić information content (AvgIpc) is 2.95. The molecule has 1 aliphatic carbocycles. The molecule has 7 heteroatoms. The highest BCUT2D eigenvalue weighted by molar-refractivity contribution is 5.33. The summed E-state index contributed by atoms with van der Waals surface area (Å²) in [6.45, 7) is 4.06. The van der Waals surface area contributed by atoms with Gasteiger partial charge >= 0.3 is 12.4 Å². The monoisotopic (exact) mass is 366 g/mol. The number of ether oxygens (including phenoxy) is 1. The zero-order valence-electron chi connectivity index (χ0n) is 14.0. The maximum Gasteiger partial charge on any atom is 0.416 e. The first kappa shape index (κ1) is 19.8. The molecule has 0 saturated heterocycles. The van der Waals surface area contributed by atoms with Crippen LogP contribution in [0.4, 0.5) is 26.3 Å². The smallest absolute Gasteiger partial charge is 0.376 e. The Morgan fingerprint density at radius 2 is 1.40 bits per heavy atom. The van der Waals surface area contributed by atoms with Crippen LogP contribution in [0.1, 0.15) is 43.4 Å². The third kappa shape index (κ3) is 4.77. The van der Waals surface area contributed by atoms with Gasteiger partial charge in [-0.05, 0) is 42.5 Å². The summed E-state index contributed by atoms with van der Waals surface area (Å²) in [7, 11) is 0. The predicted molar refractivity (Wildman–Crippen MR) is 81.7 cm³/mol. The van der Waals surface area contributed by atoms with Gasteiger partial charge in [-0.3, -0.25) is 0 Å². The number of rotatable bonds is 5. The summed E-state index contributed by atoms with van der Waals surface area (Å²) in [5.74, 6) is 0.287. The van der Waals surface area contributed by atoms with Crippen molar-refractivity contribution in [1.29, 1.82) is 0 Å². The Bertz CT molecular complexity index is 587. The summed E-state index contributed by atoms with van der Waals surface area (Å²) in [5, 5.41) is 0. The molecule has 0 bridgehead atoms. The summed E-state index contributed by atoms with van der Waals surface area (Å²) in [5.41, 5.74) is -2.91. The lowest BCUT2D eigenvalue weighted by Crippen LogP contribution is -2.30. The number of allylic oxidation sites excluding steroid dienone is 2. The average molecular weight is 366 g/mol. The molecule has 0 saturated carbocycles. The number of halogens is 6. The summed E-state index contributed by atoms with van der Waals surface area (Å²) >= 11 is 0. The van der Waals surface area contributed by atoms with Gasteiger partial charge in [-0.2, -0.15) is 26.3 Å². The van der Waals surface area contributed by atoms with Crippen molar-refractivity contribution in [3.63, 3.8) is 0 Å². The molecule has 0 atom stereocenters. The van der Waals surface area contributed by atoms with Crippen molar-refractivity contribution in [2.24, 2.45) is 11.3 Å². The molecule has 0 N–H and O–H groups in total. The van der Waals surface area contributed by atoms with Crippen LogP contribution in [0.3, 0.4) is 0 Å². The van der Waals surface area contributed by atoms with Gasteiger partial charge in [0, 0.05) is 5.41 Å². The predicted octanol–water partition coefficient (Wildman–Crippen LogP) is 6.23. The van der Waals surface area contributed by atoms with E-state index in [4.69, 9.17) is 4.74 Å². The van der Waals surface area contributed by atoms with Crippen molar-refractivity contribution >= 4 is 0 Å². The van der Waals surface area contributed by atoms with Gasteiger partial charge in [0.25, 0.3) is 0 Å². The van der Waals surface area contributed by atoms with Crippen LogP contribution < -0.4 is 0 Å². The van der Waals surface area contributed by atoms with Gasteiger partial charge in [0.15, 0.2) is 0 Å². The molecule has 1 nitrogen and oxygen atoms in total. The fourth-order valence-electron chi connectivity index (χ4n) is 2.95. The van der Waals surface area contributed by atoms with E-state index in [2.05, 4.69) is 0 Å². The van der Waals surface area contributed by atoms with Gasteiger partial charge in [0.05, 0.1) is 24.3 Å². The molecule has 1 aromatic carbocycles. The van der Waals surface area contributed by atoms with Crippen LogP contribution in [0, 0.1) is 11.3 Å². The highest BCUT2D eigenvalue weighted by atomic mass is 19.4. The van der Waals surface area contributed by atoms with Crippen molar-refractivity contribution in [1.82, 2.24) is 0 Å². The van der Waals surface area contributed by atoms with Crippen LogP contribution in [-0.4, -0.2) is 6.61 Å². The quantitative estimate of drug-likeness (QED) is 0.443. The molecule has 0 spiro atoms. The van der Waals surface area contributed by atoms with Crippen LogP contribution >= 0.6 is 0 Å². The van der Waals surface area contributed by atoms with Crippen LogP contribution in [0.25, 0.3) is 0 Å². The third-order valence-electron chi connectivity index (χ3n) is 4.75. The number of hydrogen-bond donors (Lipinski definition) is 0. The van der Waals surface area contributed by atoms with E-state index in [1.807, 2.05) is 26.0 Å². The van der Waals surface area contributed by atoms with Gasteiger partial charge in [-0.15, -0.1) is 0 Å². The Labute approximate surface area is 142 Å². The maximum atomic E-state index is 12.9. The van der Waals surface area contributed by atoms with Crippen molar-refractivity contribution < 1.29 is 31.1 Å². The van der Waals surface area contributed by atoms with Crippen molar-refractivity contribution in [3.05, 3.63) is 47.0 Å². The minimum Gasteiger partial charge on any atom is -0.376 e. The van der Waals surface area contributed by atoms with Crippen molar-refractivity contribution in [2.75, 3.05) is 6.61 Å². The molecule has 0 heterocycles. The molecule has 1 aliphatic rings. The van der Waals surface area contributed by atoms with E-state index in [9.17, 15) is 26.3 Å². The zero-order chi connectivity index (χ0) is 18.9. The molecule has 1 aromatic rings. The second-order valence-corrected chi connectivity index (χ2v) is 6.80. The largest absolute Gasteiger partial charge is 0.416 e. The van der Waals surface area contributed by atoms with Crippen molar-refractivity contribution in [3.8, 4) is 0 Å². The molecule has 25 heavy (non-hydrogen) atoms. The number of benzene rings is 1. The van der Waals surface area contributed by atoms with Gasteiger partial charge < -0.3 is 4.74 Å². The molecular weight excluding hydrogens is 346 g/mol. The van der Waals surface area contributed by atoms with Crippen molar-refractivity contribution in [2.45, 2.75) is 45.6 Å². The first-order chi connectivity index (χ1) is 11.4. The number of alkyl halides is 6. The van der Waals surface area contributed by atoms with Crippen LogP contribution in [-0.2, 0) is 23.7 Å². The minimum atomic E-state index is -4.84. The Morgan fingerprint density at radius 3 is 1.80 bits per heavy atom. The summed E-state index contributed by atoms with van der Waals surface area (Å²) in [6.07, 6.45) is -4.05. The van der Waals surface area contributed by atoms with E-state index >= 15 is 0 Å². The fraction of sp³-hybridized carbons (Fsp3) is 0.556. The molecule has 0 unspecified atom stereocenters. The lowest BCUT2D eigenvalue weighted by atomic mass is 9.76. The molecule has 0 radical (unpaired) electrons. The van der Waals surface area contributed by atoms with E-state index in [-0.39, 0.29) is 36.2 Å². The molecule has 0 fully saturated rings. The normalized spacial score (nSPS) is 17.5. The van der Waals surface area contributed by atoms with E-state index in [0.717, 1.165) is 12.8 Å². The van der Waals surface area contributed by atoms with E-state index in [0.29, 0.717) is 12.1 Å². The maximum absolute atomic E-state index is 12.9. The van der Waals surface area contributed by atoms with Gasteiger partial charge in [-0.1, -0.05) is 26.0 Å². The lowest BCUT2D eigenvalue weighted by Gasteiger charge is -2.33. The summed E-state index contributed by atoms with van der Waals surface area (Å²) in [6, 6.07) is 1.55. The second-order valence-electron chi connectivity index (χ2n) is 6.80. The molecule has 0 aromatic heterocycles. The summed E-state index contributed by atoms with van der Waals surface area (Å²) in [4.78, 5) is 0. The highest BCUT2D eigenvalue weighted by Gasteiger charge is 2.37. The minimum absolute atomic E-state index is 0.125. The van der Waals surface area contributed by atoms with E-state index < -0.39 is 23.5 Å². The molecule has 0 amide bonds. The van der Waals surface area contributed by atoms with Gasteiger partial charge in [0.2, 0.25) is 0 Å². The highest BCUT2D eigenvalue weighted by Crippen LogP contribution is 2.41. The lowest BCUT2D eigenvalue weighted by molar-refractivity contribution is -0.143. The van der Waals surface area contributed by atoms with Crippen LogP contribution in [0.5, 0.6) is 0 Å². The first-order valence-electron chi connectivity index (χ1n) is 7.95. The Kier molecular flexibility index (Phi) is 5.56. The molecule has 0 aliphatic heterocycles. The Morgan fingerprint density at radius 1 is 0.920 bits per heavy atom. The molecular formula is C18H20F6O. The Balaban J connectivity index is 2.16. The van der Waals surface area contributed by atoms with E-state index in [1.165, 1.54) is 0 Å². The van der Waals surface area contributed by atoms with Gasteiger partial charge in [0.1, 0.15) is 0 Å². The van der Waals surface area contributed by atoms with E-state index in [1.54, 1.807) is 0 Å². The topological polar surface area (TPSA) is 9.23 Å². The fourth-order valence-corrected chi connectivity index (χ4v) is 2.95. The first-order valence-corrected chi connectivity index (χ1v) is 7.95. The van der Waals surface area contributed by atoms with Crippen LogP contribution in [0.2, 0.25) is 0 Å².